The number of aliphatic imine (C=N–C) groups is 1. The summed E-state index contributed by atoms with van der Waals surface area (Å²) in [5.41, 5.74) is -3.39. The molecule has 1 aromatic carbocycles. The van der Waals surface area contributed by atoms with E-state index in [2.05, 4.69) is 10.3 Å². The summed E-state index contributed by atoms with van der Waals surface area (Å²) in [4.78, 5) is 28.3. The number of alkyl halides is 3. The summed E-state index contributed by atoms with van der Waals surface area (Å²) in [5.74, 6) is -2.28. The molecular weight excluding hydrogens is 344 g/mol. The molecule has 3 rings (SSSR count). The number of fused-ring (bicyclic) bond motifs is 1. The van der Waals surface area contributed by atoms with Gasteiger partial charge in [-0.05, 0) is 36.4 Å². The number of anilines is 1. The van der Waals surface area contributed by atoms with Crippen LogP contribution in [0.2, 0.25) is 0 Å². The van der Waals surface area contributed by atoms with Gasteiger partial charge in [0.15, 0.2) is 0 Å². The highest BCUT2D eigenvalue weighted by Crippen LogP contribution is 2.38. The molecule has 0 saturated carbocycles. The number of benzene rings is 1. The highest BCUT2D eigenvalue weighted by atomic mass is 19.4. The predicted octanol–water partition coefficient (Wildman–Crippen LogP) is 2.53. The Morgan fingerprint density at radius 1 is 1.16 bits per heavy atom. The minimum Gasteiger partial charge on any atom is -0.308 e. The lowest BCUT2D eigenvalue weighted by atomic mass is 10.1. The lowest BCUT2D eigenvalue weighted by Gasteiger charge is -2.28. The Bertz CT molecular complexity index is 814. The van der Waals surface area contributed by atoms with Crippen LogP contribution in [-0.4, -0.2) is 34.5 Å². The van der Waals surface area contributed by atoms with Gasteiger partial charge in [0, 0.05) is 11.9 Å². The highest BCUT2D eigenvalue weighted by Gasteiger charge is 2.66. The van der Waals surface area contributed by atoms with E-state index in [0.717, 1.165) is 30.5 Å². The molecule has 0 spiro atoms. The maximum absolute atomic E-state index is 13.6. The molecule has 0 aliphatic carbocycles. The topological polar surface area (TPSA) is 73.8 Å². The summed E-state index contributed by atoms with van der Waals surface area (Å²) < 4.78 is 53.5. The first-order valence-electron chi connectivity index (χ1n) is 6.93. The molecule has 0 fully saturated rings. The average molecular weight is 354 g/mol. The van der Waals surface area contributed by atoms with Crippen molar-refractivity contribution in [3.63, 3.8) is 0 Å². The standard InChI is InChI=1S/C15H10F4N4O2/c16-9-4-6-10(7-5-9)20-13(25)22-14(15(17,18)19)12(24)23-8-2-1-3-11(23)21-14/h1-8H,(H2,20,22,25)/t14-/m0/s1. The third-order valence-corrected chi connectivity index (χ3v) is 3.46. The first-order chi connectivity index (χ1) is 11.7. The quantitative estimate of drug-likeness (QED) is 0.801. The normalized spacial score (nSPS) is 21.8. The monoisotopic (exact) mass is 354 g/mol. The van der Waals surface area contributed by atoms with Crippen LogP contribution in [0, 0.1) is 5.82 Å². The molecule has 6 nitrogen and oxygen atoms in total. The number of carbonyl (C=O) groups is 2. The van der Waals surface area contributed by atoms with Crippen LogP contribution in [0.25, 0.3) is 0 Å². The van der Waals surface area contributed by atoms with Crippen molar-refractivity contribution in [3.8, 4) is 0 Å². The smallest absolute Gasteiger partial charge is 0.308 e. The Hall–Kier alpha value is -3.17. The molecule has 2 heterocycles. The van der Waals surface area contributed by atoms with Crippen molar-refractivity contribution < 1.29 is 27.2 Å². The van der Waals surface area contributed by atoms with Crippen LogP contribution in [0.3, 0.4) is 0 Å². The number of nitrogens with zero attached hydrogens (tertiary/aromatic N) is 2. The number of allylic oxidation sites excluding steroid dienone is 2. The fourth-order valence-electron chi connectivity index (χ4n) is 2.29. The van der Waals surface area contributed by atoms with Gasteiger partial charge in [0.25, 0.3) is 5.91 Å². The molecule has 2 N–H and O–H groups in total. The molecule has 0 unspecified atom stereocenters. The number of urea groups is 1. The summed E-state index contributed by atoms with van der Waals surface area (Å²) in [7, 11) is 0. The van der Waals surface area contributed by atoms with E-state index in [4.69, 9.17) is 0 Å². The van der Waals surface area contributed by atoms with Gasteiger partial charge in [-0.15, -0.1) is 0 Å². The molecule has 1 atom stereocenters. The first kappa shape index (κ1) is 16.7. The molecular formula is C15H10F4N4O2. The number of amidine groups is 1. The van der Waals surface area contributed by atoms with Crippen molar-refractivity contribution in [2.45, 2.75) is 11.8 Å². The maximum Gasteiger partial charge on any atom is 0.442 e. The Balaban J connectivity index is 1.88. The van der Waals surface area contributed by atoms with Gasteiger partial charge in [0.2, 0.25) is 0 Å². The molecule has 10 heteroatoms. The number of nitrogens with one attached hydrogen (secondary N) is 2. The van der Waals surface area contributed by atoms with Crippen molar-refractivity contribution in [1.29, 1.82) is 0 Å². The van der Waals surface area contributed by atoms with E-state index >= 15 is 0 Å². The van der Waals surface area contributed by atoms with E-state index in [1.807, 2.05) is 0 Å². The zero-order valence-corrected chi connectivity index (χ0v) is 12.3. The number of halogens is 4. The summed E-state index contributed by atoms with van der Waals surface area (Å²) in [5, 5.41) is 3.69. The van der Waals surface area contributed by atoms with E-state index < -0.39 is 29.6 Å². The largest absolute Gasteiger partial charge is 0.442 e. The van der Waals surface area contributed by atoms with Gasteiger partial charge < -0.3 is 5.32 Å². The molecule has 25 heavy (non-hydrogen) atoms. The zero-order chi connectivity index (χ0) is 18.2. The van der Waals surface area contributed by atoms with E-state index in [1.165, 1.54) is 18.2 Å². The van der Waals surface area contributed by atoms with Crippen LogP contribution < -0.4 is 10.6 Å². The number of amides is 3. The fourth-order valence-corrected chi connectivity index (χ4v) is 2.29. The van der Waals surface area contributed by atoms with E-state index in [-0.39, 0.29) is 11.5 Å². The van der Waals surface area contributed by atoms with Crippen LogP contribution in [-0.2, 0) is 4.79 Å². The van der Waals surface area contributed by atoms with Gasteiger partial charge >= 0.3 is 17.9 Å². The van der Waals surface area contributed by atoms with Crippen molar-refractivity contribution in [2.24, 2.45) is 4.99 Å². The van der Waals surface area contributed by atoms with Gasteiger partial charge in [-0.25, -0.2) is 14.2 Å². The number of carbonyl (C=O) groups excluding carboxylic acids is 2. The predicted molar refractivity (Wildman–Crippen MR) is 79.9 cm³/mol. The van der Waals surface area contributed by atoms with Gasteiger partial charge in [0.1, 0.15) is 11.7 Å². The lowest BCUT2D eigenvalue weighted by molar-refractivity contribution is -0.194. The summed E-state index contributed by atoms with van der Waals surface area (Å²) in [6.07, 6.45) is -0.0645. The van der Waals surface area contributed by atoms with Gasteiger partial charge in [0.05, 0.1) is 0 Å². The third kappa shape index (κ3) is 2.86. The summed E-state index contributed by atoms with van der Waals surface area (Å²) in [6.45, 7) is 0. The van der Waals surface area contributed by atoms with Crippen LogP contribution in [0.4, 0.5) is 28.0 Å². The van der Waals surface area contributed by atoms with Gasteiger partial charge in [-0.2, -0.15) is 13.2 Å². The molecule has 1 aromatic rings. The van der Waals surface area contributed by atoms with E-state index in [9.17, 15) is 27.2 Å². The van der Waals surface area contributed by atoms with Gasteiger partial charge in [-0.3, -0.25) is 15.0 Å². The van der Waals surface area contributed by atoms with Crippen LogP contribution in [0.15, 0.2) is 53.7 Å². The van der Waals surface area contributed by atoms with Crippen LogP contribution in [0.1, 0.15) is 0 Å². The Labute approximate surface area is 138 Å². The second-order valence-corrected chi connectivity index (χ2v) is 5.14. The molecule has 3 amide bonds. The minimum atomic E-state index is -5.17. The third-order valence-electron chi connectivity index (χ3n) is 3.46. The van der Waals surface area contributed by atoms with E-state index in [1.54, 1.807) is 5.32 Å². The SMILES string of the molecule is O=C(Nc1ccc(F)cc1)N[C@@]1(C(F)(F)F)N=C2C=CC=CN2C1=O. The second-order valence-electron chi connectivity index (χ2n) is 5.14. The summed E-state index contributed by atoms with van der Waals surface area (Å²) >= 11 is 0. The Morgan fingerprint density at radius 2 is 1.84 bits per heavy atom. The van der Waals surface area contributed by atoms with Gasteiger partial charge in [-0.1, -0.05) is 6.08 Å². The molecule has 130 valence electrons. The molecule has 2 aliphatic heterocycles. The van der Waals surface area contributed by atoms with Crippen molar-refractivity contribution in [1.82, 2.24) is 10.2 Å². The fraction of sp³-hybridized carbons (Fsp3) is 0.133. The Kier molecular flexibility index (Phi) is 3.82. The molecule has 0 radical (unpaired) electrons. The number of rotatable bonds is 2. The maximum atomic E-state index is 13.6. The summed E-state index contributed by atoms with van der Waals surface area (Å²) in [6, 6.07) is 3.05. The molecule has 0 bridgehead atoms. The number of hydrogen-bond donors (Lipinski definition) is 2. The van der Waals surface area contributed by atoms with Crippen molar-refractivity contribution in [2.75, 3.05) is 5.32 Å². The average Bonchev–Trinajstić information content (AvgIpc) is 2.83. The molecule has 2 aliphatic rings. The zero-order valence-electron chi connectivity index (χ0n) is 12.3. The highest BCUT2D eigenvalue weighted by molar-refractivity contribution is 6.15. The Morgan fingerprint density at radius 3 is 2.44 bits per heavy atom. The van der Waals surface area contributed by atoms with Crippen molar-refractivity contribution in [3.05, 3.63) is 54.5 Å². The molecule has 0 aromatic heterocycles. The lowest BCUT2D eigenvalue weighted by Crippen LogP contribution is -2.63. The van der Waals surface area contributed by atoms with Crippen LogP contribution >= 0.6 is 0 Å². The molecule has 0 saturated heterocycles. The minimum absolute atomic E-state index is 0.0480. The second kappa shape index (κ2) is 5.72. The van der Waals surface area contributed by atoms with Crippen molar-refractivity contribution >= 4 is 23.5 Å². The van der Waals surface area contributed by atoms with E-state index in [0.29, 0.717) is 4.90 Å². The first-order valence-corrected chi connectivity index (χ1v) is 6.93. The van der Waals surface area contributed by atoms with Crippen LogP contribution in [0.5, 0.6) is 0 Å². The number of hydrogen-bond acceptors (Lipinski definition) is 3.